The molecule has 210 valence electrons. The maximum Gasteiger partial charge on any atom is 0.302 e. The molecule has 37 heavy (non-hydrogen) atoms. The van der Waals surface area contributed by atoms with Gasteiger partial charge in [-0.15, -0.1) is 0 Å². The molecule has 6 aliphatic rings. The number of hydrogen-bond acceptors (Lipinski definition) is 8. The highest BCUT2D eigenvalue weighted by Gasteiger charge is 2.94. The monoisotopic (exact) mass is 587 g/mol. The van der Waals surface area contributed by atoms with E-state index in [1.807, 2.05) is 0 Å². The number of methoxy groups -OCH3 is 4. The number of aliphatic hydroxyl groups is 2. The Balaban J connectivity index is 0.00000280. The molecule has 5 saturated carbocycles. The van der Waals surface area contributed by atoms with Gasteiger partial charge in [-0.2, -0.15) is 0 Å². The number of fused-ring (bicyclic) bond motifs is 2. The van der Waals surface area contributed by atoms with Crippen LogP contribution in [-0.4, -0.2) is 110 Å². The lowest BCUT2D eigenvalue weighted by Crippen LogP contribution is -3.00. The summed E-state index contributed by atoms with van der Waals surface area (Å²) in [6.07, 6.45) is 3.60. The molecule has 0 radical (unpaired) electrons. The Labute approximate surface area is 229 Å². The number of rotatable bonds is 7. The van der Waals surface area contributed by atoms with Crippen molar-refractivity contribution in [2.45, 2.75) is 81.2 Å². The second kappa shape index (κ2) is 8.94. The van der Waals surface area contributed by atoms with Gasteiger partial charge in [0.1, 0.15) is 31.1 Å². The normalized spacial score (nSPS) is 54.4. The summed E-state index contributed by atoms with van der Waals surface area (Å²) in [4.78, 5) is 12.0. The van der Waals surface area contributed by atoms with Crippen molar-refractivity contribution in [1.82, 2.24) is 0 Å². The van der Waals surface area contributed by atoms with Crippen molar-refractivity contribution >= 4 is 12.2 Å². The lowest BCUT2D eigenvalue weighted by atomic mass is 9.43. The minimum absolute atomic E-state index is 0. The molecule has 0 aromatic heterocycles. The number of nitrogens with zero attached hydrogens (tertiary/aromatic N) is 1. The van der Waals surface area contributed by atoms with Gasteiger partial charge in [0.15, 0.2) is 11.6 Å². The predicted molar refractivity (Wildman–Crippen MR) is 128 cm³/mol. The van der Waals surface area contributed by atoms with E-state index >= 15 is 0 Å². The van der Waals surface area contributed by atoms with Gasteiger partial charge in [0.05, 0.1) is 29.1 Å². The number of ether oxygens (including phenoxy) is 5. The molecular formula is C27H42BrNO8. The van der Waals surface area contributed by atoms with Crippen molar-refractivity contribution in [3.8, 4) is 0 Å². The predicted octanol–water partition coefficient (Wildman–Crippen LogP) is -2.37. The third kappa shape index (κ3) is 2.91. The topological polar surface area (TPSA) is 107 Å². The largest absolute Gasteiger partial charge is 1.00 e. The average molecular weight is 589 g/mol. The van der Waals surface area contributed by atoms with E-state index in [9.17, 15) is 15.0 Å². The Morgan fingerprint density at radius 1 is 1.11 bits per heavy atom. The Hall–Kier alpha value is -0.620. The van der Waals surface area contributed by atoms with Crippen LogP contribution in [0.3, 0.4) is 0 Å². The third-order valence-electron chi connectivity index (χ3n) is 11.6. The van der Waals surface area contributed by atoms with Crippen LogP contribution in [0.5, 0.6) is 0 Å². The first-order valence-corrected chi connectivity index (χ1v) is 13.5. The van der Waals surface area contributed by atoms with E-state index in [0.717, 1.165) is 19.3 Å². The Morgan fingerprint density at radius 2 is 1.84 bits per heavy atom. The SMILES string of the molecule is CC[N+]1=C[C@]2(COC(C)=O)CC[C@H](OC)[C@@]34[C@@H]5C[C@H]6[C@H](OC)[C@@H]5[C@](O)(C[C@@H]6OC)[C@](O)([C@@H](OC)[C@H]23)[C@@H]14.[Br-]. The first kappa shape index (κ1) is 27.9. The van der Waals surface area contributed by atoms with Crippen LogP contribution in [0.15, 0.2) is 0 Å². The highest BCUT2D eigenvalue weighted by molar-refractivity contribution is 5.69. The zero-order valence-corrected chi connectivity index (χ0v) is 24.3. The highest BCUT2D eigenvalue weighted by atomic mass is 79.9. The van der Waals surface area contributed by atoms with E-state index in [2.05, 4.69) is 17.7 Å². The maximum atomic E-state index is 13.1. The van der Waals surface area contributed by atoms with Crippen molar-refractivity contribution in [2.24, 2.45) is 34.5 Å². The molecule has 0 aromatic rings. The molecular weight excluding hydrogens is 546 g/mol. The molecule has 13 atom stereocenters. The first-order chi connectivity index (χ1) is 17.2. The fraction of sp³-hybridized carbons (Fsp3) is 0.926. The Kier molecular flexibility index (Phi) is 6.75. The van der Waals surface area contributed by atoms with Crippen LogP contribution in [0.25, 0.3) is 0 Å². The van der Waals surface area contributed by atoms with Gasteiger partial charge < -0.3 is 50.9 Å². The van der Waals surface area contributed by atoms with Gasteiger partial charge in [-0.25, -0.2) is 4.58 Å². The third-order valence-corrected chi connectivity index (χ3v) is 11.6. The van der Waals surface area contributed by atoms with E-state index in [4.69, 9.17) is 23.7 Å². The summed E-state index contributed by atoms with van der Waals surface area (Å²) >= 11 is 0. The quantitative estimate of drug-likeness (QED) is 0.251. The molecule has 5 aliphatic carbocycles. The van der Waals surface area contributed by atoms with Gasteiger partial charge in [-0.1, -0.05) is 0 Å². The molecule has 0 aromatic carbocycles. The average Bonchev–Trinajstić information content (AvgIpc) is 3.28. The number of carbonyl (C=O) groups excluding carboxylic acids is 1. The summed E-state index contributed by atoms with van der Waals surface area (Å²) in [5, 5.41) is 25.9. The maximum absolute atomic E-state index is 13.1. The molecule has 1 spiro atoms. The van der Waals surface area contributed by atoms with Crippen LogP contribution in [0.1, 0.15) is 39.5 Å². The molecule has 2 N–H and O–H groups in total. The summed E-state index contributed by atoms with van der Waals surface area (Å²) in [5.74, 6) is -0.642. The van der Waals surface area contributed by atoms with Gasteiger partial charge in [0.2, 0.25) is 0 Å². The van der Waals surface area contributed by atoms with Gasteiger partial charge >= 0.3 is 5.97 Å². The van der Waals surface area contributed by atoms with Crippen molar-refractivity contribution in [3.05, 3.63) is 0 Å². The highest BCUT2D eigenvalue weighted by Crippen LogP contribution is 2.79. The molecule has 7 bridgehead atoms. The fourth-order valence-electron chi connectivity index (χ4n) is 11.0. The lowest BCUT2D eigenvalue weighted by Gasteiger charge is -2.64. The zero-order valence-electron chi connectivity index (χ0n) is 22.7. The summed E-state index contributed by atoms with van der Waals surface area (Å²) in [5.41, 5.74) is -4.12. The van der Waals surface area contributed by atoms with Gasteiger partial charge in [0, 0.05) is 59.5 Å². The molecule has 1 aliphatic heterocycles. The number of hydrogen-bond donors (Lipinski definition) is 2. The number of halogens is 1. The van der Waals surface area contributed by atoms with E-state index in [-0.39, 0.29) is 71.5 Å². The second-order valence-corrected chi connectivity index (χ2v) is 12.2. The summed E-state index contributed by atoms with van der Waals surface area (Å²) in [7, 11) is 6.79. The van der Waals surface area contributed by atoms with Gasteiger partial charge in [0.25, 0.3) is 0 Å². The molecule has 6 rings (SSSR count). The molecule has 9 nitrogen and oxygen atoms in total. The minimum atomic E-state index is -1.60. The summed E-state index contributed by atoms with van der Waals surface area (Å²) in [6.45, 7) is 4.38. The number of carbonyl (C=O) groups is 1. The van der Waals surface area contributed by atoms with E-state index < -0.39 is 34.2 Å². The molecule has 0 unspecified atom stereocenters. The Bertz CT molecular complexity index is 980. The van der Waals surface area contributed by atoms with Crippen LogP contribution in [-0.2, 0) is 28.5 Å². The molecule has 1 heterocycles. The van der Waals surface area contributed by atoms with Gasteiger partial charge in [-0.05, 0) is 32.1 Å². The van der Waals surface area contributed by atoms with E-state index in [1.54, 1.807) is 28.4 Å². The number of esters is 1. The van der Waals surface area contributed by atoms with E-state index in [0.29, 0.717) is 13.0 Å². The van der Waals surface area contributed by atoms with Crippen LogP contribution in [0, 0.1) is 34.5 Å². The summed E-state index contributed by atoms with van der Waals surface area (Å²) in [6, 6.07) is -0.404. The van der Waals surface area contributed by atoms with Crippen molar-refractivity contribution < 1.29 is 60.2 Å². The van der Waals surface area contributed by atoms with Crippen LogP contribution >= 0.6 is 0 Å². The van der Waals surface area contributed by atoms with Crippen LogP contribution < -0.4 is 17.0 Å². The summed E-state index contributed by atoms with van der Waals surface area (Å²) < 4.78 is 32.6. The minimum Gasteiger partial charge on any atom is -1.00 e. The van der Waals surface area contributed by atoms with Crippen molar-refractivity contribution in [2.75, 3.05) is 41.6 Å². The Morgan fingerprint density at radius 3 is 2.41 bits per heavy atom. The smallest absolute Gasteiger partial charge is 0.302 e. The van der Waals surface area contributed by atoms with Crippen LogP contribution in [0.2, 0.25) is 0 Å². The standard InChI is InChI=1S/C27H42NO8.BrH/c1-7-28-12-24(13-36-14(2)29)9-8-18(33-4)26-16-10-15-17(32-3)11-25(30,19(16)20(15)34-5)27(31,23(26)28)22(35-6)21(24)26;/h12,15-23,30-31H,7-11,13H2,1-6H3;1H/q+1;/p-1/t15-,16-,17+,18+,19-,20+,21-,22+,23+,24+,25-,26+,27+;/m1./s1. The molecule has 0 amide bonds. The fourth-order valence-corrected chi connectivity index (χ4v) is 11.0. The number of likely N-dealkylation sites (N-methyl/N-ethyl adjacent to an activating group) is 1. The first-order valence-electron chi connectivity index (χ1n) is 13.5. The zero-order chi connectivity index (χ0) is 25.8. The molecule has 5 fully saturated rings. The second-order valence-electron chi connectivity index (χ2n) is 12.2. The van der Waals surface area contributed by atoms with Crippen LogP contribution in [0.4, 0.5) is 0 Å². The lowest BCUT2D eigenvalue weighted by molar-refractivity contribution is -0.622. The van der Waals surface area contributed by atoms with E-state index in [1.165, 1.54) is 6.92 Å². The van der Waals surface area contributed by atoms with Crippen molar-refractivity contribution in [1.29, 1.82) is 0 Å². The van der Waals surface area contributed by atoms with Gasteiger partial charge in [-0.3, -0.25) is 4.79 Å². The van der Waals surface area contributed by atoms with Crippen molar-refractivity contribution in [3.63, 3.8) is 0 Å². The molecule has 0 saturated heterocycles. The molecule has 10 heteroatoms.